The van der Waals surface area contributed by atoms with E-state index in [1.165, 1.54) is 0 Å². The maximum Gasteiger partial charge on any atom is 0.354 e. The minimum atomic E-state index is -0.905. The van der Waals surface area contributed by atoms with Gasteiger partial charge in [-0.1, -0.05) is 20.8 Å². The summed E-state index contributed by atoms with van der Waals surface area (Å²) in [6.07, 6.45) is 0.888. The highest BCUT2D eigenvalue weighted by Gasteiger charge is 2.14. The Morgan fingerprint density at radius 1 is 1.64 bits per heavy atom. The Hall–Kier alpha value is -1.32. The van der Waals surface area contributed by atoms with E-state index in [1.54, 1.807) is 10.7 Å². The van der Waals surface area contributed by atoms with Gasteiger partial charge < -0.3 is 5.11 Å². The van der Waals surface area contributed by atoms with Crippen LogP contribution in [0.25, 0.3) is 0 Å². The van der Waals surface area contributed by atoms with Crippen LogP contribution in [0.5, 0.6) is 0 Å². The average Bonchev–Trinajstić information content (AvgIpc) is 2.49. The summed E-state index contributed by atoms with van der Waals surface area (Å²) in [5.74, 6) is -0.635. The van der Waals surface area contributed by atoms with Crippen LogP contribution in [0.15, 0.2) is 6.07 Å². The molecular weight excluding hydrogens is 180 g/mol. The quantitative estimate of drug-likeness (QED) is 0.802. The third-order valence-electron chi connectivity index (χ3n) is 2.04. The Balaban J connectivity index is 3.05. The summed E-state index contributed by atoms with van der Waals surface area (Å²) < 4.78 is 1.57. The number of nitrogens with zero attached hydrogens (tertiary/aromatic N) is 2. The van der Waals surface area contributed by atoms with E-state index in [4.69, 9.17) is 5.11 Å². The highest BCUT2D eigenvalue weighted by atomic mass is 16.4. The van der Waals surface area contributed by atoms with Crippen molar-refractivity contribution < 1.29 is 9.90 Å². The minimum absolute atomic E-state index is 0.270. The molecule has 0 aromatic carbocycles. The number of aryl methyl sites for hydroxylation is 1. The molecule has 1 N–H and O–H groups in total. The molecule has 0 unspecified atom stereocenters. The smallest absolute Gasteiger partial charge is 0.354 e. The maximum atomic E-state index is 10.9. The van der Waals surface area contributed by atoms with Crippen LogP contribution < -0.4 is 0 Å². The second-order valence-corrected chi connectivity index (χ2v) is 3.64. The van der Waals surface area contributed by atoms with Crippen molar-refractivity contribution in [2.24, 2.45) is 0 Å². The largest absolute Gasteiger partial charge is 0.477 e. The minimum Gasteiger partial charge on any atom is -0.477 e. The lowest BCUT2D eigenvalue weighted by Gasteiger charge is -2.01. The molecule has 4 heteroatoms. The molecule has 4 nitrogen and oxygen atoms in total. The normalized spacial score (nSPS) is 10.9. The zero-order chi connectivity index (χ0) is 10.7. The molecule has 0 atom stereocenters. The highest BCUT2D eigenvalue weighted by molar-refractivity contribution is 5.85. The van der Waals surface area contributed by atoms with Gasteiger partial charge in [-0.3, -0.25) is 4.68 Å². The molecule has 0 aliphatic rings. The predicted molar refractivity (Wildman–Crippen MR) is 53.6 cm³/mol. The third kappa shape index (κ3) is 2.13. The molecule has 78 valence electrons. The van der Waals surface area contributed by atoms with Crippen molar-refractivity contribution in [1.29, 1.82) is 0 Å². The number of hydrogen-bond acceptors (Lipinski definition) is 2. The number of aromatic carboxylic acids is 1. The molecular formula is C10H16N2O2. The van der Waals surface area contributed by atoms with Crippen LogP contribution in [0.1, 0.15) is 49.3 Å². The molecule has 0 amide bonds. The van der Waals surface area contributed by atoms with Crippen molar-refractivity contribution in [2.45, 2.75) is 39.7 Å². The fraction of sp³-hybridized carbons (Fsp3) is 0.600. The number of carbonyl (C=O) groups is 1. The fourth-order valence-electron chi connectivity index (χ4n) is 1.27. The number of carboxylic acid groups (broad SMARTS) is 1. The average molecular weight is 196 g/mol. The van der Waals surface area contributed by atoms with Crippen molar-refractivity contribution in [1.82, 2.24) is 9.78 Å². The highest BCUT2D eigenvalue weighted by Crippen LogP contribution is 2.14. The van der Waals surface area contributed by atoms with E-state index in [2.05, 4.69) is 5.10 Å². The van der Waals surface area contributed by atoms with Crippen LogP contribution in [0.2, 0.25) is 0 Å². The van der Waals surface area contributed by atoms with Crippen molar-refractivity contribution in [3.8, 4) is 0 Å². The van der Waals surface area contributed by atoms with Crippen LogP contribution in [0.3, 0.4) is 0 Å². The van der Waals surface area contributed by atoms with E-state index in [0.717, 1.165) is 12.1 Å². The lowest BCUT2D eigenvalue weighted by Crippen LogP contribution is -2.09. The van der Waals surface area contributed by atoms with Gasteiger partial charge in [-0.15, -0.1) is 0 Å². The molecule has 0 saturated heterocycles. The maximum absolute atomic E-state index is 10.9. The molecule has 14 heavy (non-hydrogen) atoms. The third-order valence-corrected chi connectivity index (χ3v) is 2.04. The van der Waals surface area contributed by atoms with Crippen molar-refractivity contribution in [3.63, 3.8) is 0 Å². The zero-order valence-electron chi connectivity index (χ0n) is 8.82. The van der Waals surface area contributed by atoms with Crippen LogP contribution >= 0.6 is 0 Å². The number of rotatable bonds is 4. The van der Waals surface area contributed by atoms with Gasteiger partial charge in [-0.05, 0) is 18.4 Å². The first kappa shape index (κ1) is 10.8. The molecule has 0 saturated carbocycles. The molecule has 0 aliphatic carbocycles. The summed E-state index contributed by atoms with van der Waals surface area (Å²) in [6, 6.07) is 1.66. The lowest BCUT2D eigenvalue weighted by molar-refractivity contribution is 0.0683. The summed E-state index contributed by atoms with van der Waals surface area (Å²) >= 11 is 0. The first-order valence-electron chi connectivity index (χ1n) is 4.87. The Morgan fingerprint density at radius 3 is 2.71 bits per heavy atom. The van der Waals surface area contributed by atoms with E-state index < -0.39 is 5.97 Å². The van der Waals surface area contributed by atoms with Crippen molar-refractivity contribution in [3.05, 3.63) is 17.5 Å². The predicted octanol–water partition coefficient (Wildman–Crippen LogP) is 2.11. The van der Waals surface area contributed by atoms with Gasteiger partial charge in [-0.25, -0.2) is 4.79 Å². The molecule has 0 aliphatic heterocycles. The lowest BCUT2D eigenvalue weighted by atomic mass is 10.1. The Bertz CT molecular complexity index is 329. The standard InChI is InChI=1S/C10H16N2O2/c1-4-5-12-9(10(13)14)6-8(11-12)7(2)3/h6-7H,4-5H2,1-3H3,(H,13,14). The summed E-state index contributed by atoms with van der Waals surface area (Å²) in [5.41, 5.74) is 1.13. The van der Waals surface area contributed by atoms with Crippen LogP contribution in [-0.2, 0) is 6.54 Å². The molecule has 1 aromatic rings. The Morgan fingerprint density at radius 2 is 2.29 bits per heavy atom. The molecule has 0 bridgehead atoms. The fourth-order valence-corrected chi connectivity index (χ4v) is 1.27. The van der Waals surface area contributed by atoms with Gasteiger partial charge in [0.25, 0.3) is 0 Å². The SMILES string of the molecule is CCCn1nc(C(C)C)cc1C(=O)O. The van der Waals surface area contributed by atoms with E-state index in [1.807, 2.05) is 20.8 Å². The zero-order valence-corrected chi connectivity index (χ0v) is 8.82. The molecule has 0 fully saturated rings. The topological polar surface area (TPSA) is 55.1 Å². The van der Waals surface area contributed by atoms with E-state index >= 15 is 0 Å². The number of carboxylic acids is 1. The second-order valence-electron chi connectivity index (χ2n) is 3.64. The van der Waals surface area contributed by atoms with Crippen LogP contribution in [-0.4, -0.2) is 20.9 Å². The first-order valence-corrected chi connectivity index (χ1v) is 4.87. The second kappa shape index (κ2) is 4.26. The van der Waals surface area contributed by atoms with Crippen LogP contribution in [0, 0.1) is 0 Å². The van der Waals surface area contributed by atoms with Crippen LogP contribution in [0.4, 0.5) is 0 Å². The van der Waals surface area contributed by atoms with E-state index in [9.17, 15) is 4.79 Å². The van der Waals surface area contributed by atoms with Crippen molar-refractivity contribution >= 4 is 5.97 Å². The first-order chi connectivity index (χ1) is 6.56. The monoisotopic (exact) mass is 196 g/mol. The Kier molecular flexibility index (Phi) is 3.28. The van der Waals surface area contributed by atoms with Gasteiger partial charge in [0.05, 0.1) is 5.69 Å². The molecule has 1 rings (SSSR count). The molecule has 1 heterocycles. The summed E-state index contributed by atoms with van der Waals surface area (Å²) in [7, 11) is 0. The molecule has 0 radical (unpaired) electrons. The number of hydrogen-bond donors (Lipinski definition) is 1. The van der Waals surface area contributed by atoms with Crippen molar-refractivity contribution in [2.75, 3.05) is 0 Å². The van der Waals surface area contributed by atoms with E-state index in [0.29, 0.717) is 6.54 Å². The van der Waals surface area contributed by atoms with Gasteiger partial charge in [0.1, 0.15) is 5.69 Å². The van der Waals surface area contributed by atoms with E-state index in [-0.39, 0.29) is 11.6 Å². The summed E-state index contributed by atoms with van der Waals surface area (Å²) in [6.45, 7) is 6.67. The van der Waals surface area contributed by atoms with Gasteiger partial charge in [0.15, 0.2) is 0 Å². The summed E-state index contributed by atoms with van der Waals surface area (Å²) in [5, 5.41) is 13.2. The summed E-state index contributed by atoms with van der Waals surface area (Å²) in [4.78, 5) is 10.9. The molecule has 0 spiro atoms. The Labute approximate surface area is 83.5 Å². The molecule has 1 aromatic heterocycles. The van der Waals surface area contributed by atoms with Gasteiger partial charge in [-0.2, -0.15) is 5.10 Å². The van der Waals surface area contributed by atoms with Gasteiger partial charge >= 0.3 is 5.97 Å². The number of aromatic nitrogens is 2. The van der Waals surface area contributed by atoms with Gasteiger partial charge in [0, 0.05) is 6.54 Å². The van der Waals surface area contributed by atoms with Gasteiger partial charge in [0.2, 0.25) is 0 Å².